The predicted molar refractivity (Wildman–Crippen MR) is 91.7 cm³/mol. The molecule has 0 saturated carbocycles. The highest BCUT2D eigenvalue weighted by molar-refractivity contribution is 9.10. The molecule has 0 aliphatic heterocycles. The first-order valence-electron chi connectivity index (χ1n) is 7.14. The van der Waals surface area contributed by atoms with Gasteiger partial charge in [-0.3, -0.25) is 14.9 Å². The summed E-state index contributed by atoms with van der Waals surface area (Å²) in [5.74, 6) is 0.167. The number of amides is 1. The van der Waals surface area contributed by atoms with Gasteiger partial charge in [-0.2, -0.15) is 4.98 Å². The fourth-order valence-electron chi connectivity index (χ4n) is 2.09. The molecule has 8 nitrogen and oxygen atoms in total. The van der Waals surface area contributed by atoms with Gasteiger partial charge in [0.1, 0.15) is 0 Å². The Labute approximate surface area is 150 Å². The van der Waals surface area contributed by atoms with Crippen LogP contribution >= 0.6 is 15.9 Å². The van der Waals surface area contributed by atoms with Gasteiger partial charge in [-0.15, -0.1) is 0 Å². The zero-order valence-corrected chi connectivity index (χ0v) is 14.3. The lowest BCUT2D eigenvalue weighted by Gasteiger charge is -2.02. The van der Waals surface area contributed by atoms with E-state index < -0.39 is 10.8 Å². The number of nitrogens with zero attached hydrogens (tertiary/aromatic N) is 3. The Balaban J connectivity index is 1.67. The summed E-state index contributed by atoms with van der Waals surface area (Å²) in [6.45, 7) is 0.0164. The topological polar surface area (TPSA) is 111 Å². The van der Waals surface area contributed by atoms with Crippen LogP contribution < -0.4 is 5.32 Å². The summed E-state index contributed by atoms with van der Waals surface area (Å²) in [4.78, 5) is 26.5. The lowest BCUT2D eigenvalue weighted by Crippen LogP contribution is -2.23. The van der Waals surface area contributed by atoms with Crippen LogP contribution in [0, 0.1) is 10.1 Å². The SMILES string of the molecule is O=C(NCc1nc(-c2cccc(Br)c2)no1)c1cccc([N+](=O)[O-])c1. The van der Waals surface area contributed by atoms with Crippen LogP contribution in [0.4, 0.5) is 5.69 Å². The van der Waals surface area contributed by atoms with E-state index in [0.717, 1.165) is 10.0 Å². The van der Waals surface area contributed by atoms with Crippen molar-refractivity contribution in [2.24, 2.45) is 0 Å². The molecule has 1 N–H and O–H groups in total. The van der Waals surface area contributed by atoms with Crippen LogP contribution in [0.25, 0.3) is 11.4 Å². The number of carbonyl (C=O) groups is 1. The molecule has 0 spiro atoms. The highest BCUT2D eigenvalue weighted by Gasteiger charge is 2.13. The van der Waals surface area contributed by atoms with Crippen molar-refractivity contribution in [3.8, 4) is 11.4 Å². The first-order valence-corrected chi connectivity index (χ1v) is 7.93. The Morgan fingerprint density at radius 1 is 1.24 bits per heavy atom. The van der Waals surface area contributed by atoms with Gasteiger partial charge in [-0.25, -0.2) is 0 Å². The van der Waals surface area contributed by atoms with Crippen molar-refractivity contribution in [3.05, 3.63) is 74.6 Å². The highest BCUT2D eigenvalue weighted by Crippen LogP contribution is 2.20. The van der Waals surface area contributed by atoms with Gasteiger partial charge in [0.05, 0.1) is 11.5 Å². The third-order valence-corrected chi connectivity index (χ3v) is 3.76. The smallest absolute Gasteiger partial charge is 0.270 e. The van der Waals surface area contributed by atoms with Gasteiger partial charge in [-0.1, -0.05) is 39.3 Å². The minimum Gasteiger partial charge on any atom is -0.343 e. The van der Waals surface area contributed by atoms with E-state index in [-0.39, 0.29) is 23.7 Å². The molecule has 0 unspecified atom stereocenters. The van der Waals surface area contributed by atoms with Crippen LogP contribution in [0.2, 0.25) is 0 Å². The van der Waals surface area contributed by atoms with Crippen LogP contribution in [0.5, 0.6) is 0 Å². The fraction of sp³-hybridized carbons (Fsp3) is 0.0625. The third kappa shape index (κ3) is 4.07. The molecule has 3 aromatic rings. The number of non-ortho nitro benzene ring substituents is 1. The molecule has 0 aliphatic rings. The number of rotatable bonds is 5. The van der Waals surface area contributed by atoms with Crippen molar-refractivity contribution >= 4 is 27.5 Å². The molecule has 0 fully saturated rings. The largest absolute Gasteiger partial charge is 0.343 e. The fourth-order valence-corrected chi connectivity index (χ4v) is 2.49. The molecular formula is C16H11BrN4O4. The number of hydrogen-bond acceptors (Lipinski definition) is 6. The monoisotopic (exact) mass is 402 g/mol. The average molecular weight is 403 g/mol. The summed E-state index contributed by atoms with van der Waals surface area (Å²) in [6.07, 6.45) is 0. The van der Waals surface area contributed by atoms with E-state index in [4.69, 9.17) is 4.52 Å². The minimum absolute atomic E-state index is 0.0164. The van der Waals surface area contributed by atoms with Crippen molar-refractivity contribution in [1.82, 2.24) is 15.5 Å². The van der Waals surface area contributed by atoms with Crippen LogP contribution in [0.15, 0.2) is 57.5 Å². The van der Waals surface area contributed by atoms with Crippen LogP contribution in [0.1, 0.15) is 16.2 Å². The summed E-state index contributed by atoms with van der Waals surface area (Å²) in [5.41, 5.74) is 0.803. The number of nitro groups is 1. The molecule has 3 rings (SSSR count). The molecule has 9 heteroatoms. The molecule has 1 amide bonds. The third-order valence-electron chi connectivity index (χ3n) is 3.27. The molecule has 0 atom stereocenters. The van der Waals surface area contributed by atoms with Gasteiger partial charge >= 0.3 is 0 Å². The Bertz CT molecular complexity index is 941. The van der Waals surface area contributed by atoms with E-state index in [2.05, 4.69) is 31.4 Å². The van der Waals surface area contributed by atoms with Gasteiger partial charge in [0.2, 0.25) is 11.7 Å². The quantitative estimate of drug-likeness (QED) is 0.517. The van der Waals surface area contributed by atoms with Crippen molar-refractivity contribution in [1.29, 1.82) is 0 Å². The summed E-state index contributed by atoms with van der Waals surface area (Å²) in [6, 6.07) is 12.9. The van der Waals surface area contributed by atoms with E-state index in [0.29, 0.717) is 5.82 Å². The second-order valence-electron chi connectivity index (χ2n) is 5.01. The Morgan fingerprint density at radius 3 is 2.80 bits per heavy atom. The van der Waals surface area contributed by atoms with Gasteiger partial charge in [0, 0.05) is 27.7 Å². The maximum atomic E-state index is 12.1. The van der Waals surface area contributed by atoms with Crippen molar-refractivity contribution in [3.63, 3.8) is 0 Å². The van der Waals surface area contributed by atoms with Crippen molar-refractivity contribution < 1.29 is 14.2 Å². The lowest BCUT2D eigenvalue weighted by molar-refractivity contribution is -0.384. The van der Waals surface area contributed by atoms with E-state index in [1.165, 1.54) is 24.3 Å². The summed E-state index contributed by atoms with van der Waals surface area (Å²) >= 11 is 3.37. The number of hydrogen-bond donors (Lipinski definition) is 1. The predicted octanol–water partition coefficient (Wildman–Crippen LogP) is 3.34. The van der Waals surface area contributed by atoms with Crippen LogP contribution in [-0.2, 0) is 6.54 Å². The van der Waals surface area contributed by atoms with E-state index in [1.54, 1.807) is 0 Å². The molecule has 1 heterocycles. The van der Waals surface area contributed by atoms with Crippen LogP contribution in [0.3, 0.4) is 0 Å². The molecule has 0 radical (unpaired) electrons. The van der Waals surface area contributed by atoms with E-state index in [1.807, 2.05) is 24.3 Å². The van der Waals surface area contributed by atoms with E-state index in [9.17, 15) is 14.9 Å². The number of nitrogens with one attached hydrogen (secondary N) is 1. The van der Waals surface area contributed by atoms with Crippen LogP contribution in [-0.4, -0.2) is 21.0 Å². The van der Waals surface area contributed by atoms with Gasteiger partial charge in [0.25, 0.3) is 11.6 Å². The zero-order chi connectivity index (χ0) is 17.8. The number of benzene rings is 2. The second kappa shape index (κ2) is 7.22. The number of aromatic nitrogens is 2. The van der Waals surface area contributed by atoms with Crippen molar-refractivity contribution in [2.45, 2.75) is 6.54 Å². The normalized spacial score (nSPS) is 10.4. The molecule has 0 aliphatic carbocycles. The summed E-state index contributed by atoms with van der Waals surface area (Å²) in [7, 11) is 0. The molecule has 1 aromatic heterocycles. The van der Waals surface area contributed by atoms with Gasteiger partial charge in [-0.05, 0) is 18.2 Å². The average Bonchev–Trinajstić information content (AvgIpc) is 3.09. The molecule has 25 heavy (non-hydrogen) atoms. The number of carbonyl (C=O) groups excluding carboxylic acids is 1. The standard InChI is InChI=1S/C16H11BrN4O4/c17-12-5-1-3-10(7-12)15-19-14(25-20-15)9-18-16(22)11-4-2-6-13(8-11)21(23)24/h1-8H,9H2,(H,18,22). The first-order chi connectivity index (χ1) is 12.0. The Hall–Kier alpha value is -3.07. The minimum atomic E-state index is -0.556. The number of nitro benzene ring substituents is 1. The first kappa shape index (κ1) is 16.8. The molecule has 2 aromatic carbocycles. The molecule has 0 bridgehead atoms. The summed E-state index contributed by atoms with van der Waals surface area (Å²) < 4.78 is 5.99. The molecule has 126 valence electrons. The highest BCUT2D eigenvalue weighted by atomic mass is 79.9. The second-order valence-corrected chi connectivity index (χ2v) is 5.93. The molecular weight excluding hydrogens is 392 g/mol. The molecule has 0 saturated heterocycles. The Kier molecular flexibility index (Phi) is 4.85. The maximum Gasteiger partial charge on any atom is 0.270 e. The summed E-state index contributed by atoms with van der Waals surface area (Å²) in [5, 5.41) is 17.2. The lowest BCUT2D eigenvalue weighted by atomic mass is 10.2. The Morgan fingerprint density at radius 2 is 2.04 bits per heavy atom. The van der Waals surface area contributed by atoms with Gasteiger partial charge in [0.15, 0.2) is 0 Å². The zero-order valence-electron chi connectivity index (χ0n) is 12.7. The maximum absolute atomic E-state index is 12.1. The number of halogens is 1. The van der Waals surface area contributed by atoms with E-state index >= 15 is 0 Å². The van der Waals surface area contributed by atoms with Crippen molar-refractivity contribution in [2.75, 3.05) is 0 Å². The van der Waals surface area contributed by atoms with Gasteiger partial charge < -0.3 is 9.84 Å².